The summed E-state index contributed by atoms with van der Waals surface area (Å²) < 4.78 is 39.0. The van der Waals surface area contributed by atoms with Gasteiger partial charge < -0.3 is 10.6 Å². The Labute approximate surface area is 150 Å². The van der Waals surface area contributed by atoms with E-state index in [2.05, 4.69) is 20.9 Å². The zero-order chi connectivity index (χ0) is 18.7. The molecule has 3 rings (SSSR count). The average molecular weight is 381 g/mol. The third-order valence-electron chi connectivity index (χ3n) is 4.35. The summed E-state index contributed by atoms with van der Waals surface area (Å²) in [6.45, 7) is 3.37. The minimum Gasteiger partial charge on any atom is -0.350 e. The van der Waals surface area contributed by atoms with Gasteiger partial charge in [-0.05, 0) is 44.2 Å². The highest BCUT2D eigenvalue weighted by atomic mass is 32.2. The molecule has 1 aromatic heterocycles. The predicted octanol–water partition coefficient (Wildman–Crippen LogP) is 0.464. The molecule has 0 bridgehead atoms. The van der Waals surface area contributed by atoms with Gasteiger partial charge in [0.05, 0.1) is 22.4 Å². The maximum atomic E-state index is 12.9. The number of aromatic nitrogens is 3. The molecule has 1 saturated heterocycles. The third-order valence-corrected chi connectivity index (χ3v) is 6.08. The fourth-order valence-electron chi connectivity index (χ4n) is 2.89. The second-order valence-electron chi connectivity index (χ2n) is 6.14. The van der Waals surface area contributed by atoms with Crippen molar-refractivity contribution in [3.05, 3.63) is 41.5 Å². The first-order chi connectivity index (χ1) is 12.4. The first-order valence-corrected chi connectivity index (χ1v) is 9.93. The Balaban J connectivity index is 1.60. The summed E-state index contributed by atoms with van der Waals surface area (Å²) in [5.41, 5.74) is 0.841. The lowest BCUT2D eigenvalue weighted by Gasteiger charge is -2.10. The molecule has 1 aliphatic rings. The highest BCUT2D eigenvalue weighted by Crippen LogP contribution is 2.17. The number of benzene rings is 1. The molecule has 0 aliphatic carbocycles. The zero-order valence-corrected chi connectivity index (χ0v) is 15.1. The average Bonchev–Trinajstić information content (AvgIpc) is 3.24. The number of sulfone groups is 1. The van der Waals surface area contributed by atoms with E-state index in [1.165, 1.54) is 12.1 Å². The van der Waals surface area contributed by atoms with Crippen LogP contribution in [0.4, 0.5) is 4.39 Å². The molecule has 1 fully saturated rings. The van der Waals surface area contributed by atoms with Gasteiger partial charge in [-0.25, -0.2) is 17.5 Å². The number of hydrogen-bond acceptors (Lipinski definition) is 6. The summed E-state index contributed by atoms with van der Waals surface area (Å²) in [5.74, 6) is -1.26. The van der Waals surface area contributed by atoms with Crippen molar-refractivity contribution >= 4 is 15.7 Å². The number of nitrogens with one attached hydrogen (secondary N) is 2. The SMILES string of the molecule is Cc1c(C(=O)NCCS(=O)(=O)c2ccc(F)cc2)nnn1C1CCNC1. The molecule has 2 aromatic rings. The van der Waals surface area contributed by atoms with Crippen LogP contribution in [0.5, 0.6) is 0 Å². The molecule has 26 heavy (non-hydrogen) atoms. The maximum Gasteiger partial charge on any atom is 0.273 e. The largest absolute Gasteiger partial charge is 0.350 e. The molecular weight excluding hydrogens is 361 g/mol. The Morgan fingerprint density at radius 2 is 2.12 bits per heavy atom. The van der Waals surface area contributed by atoms with Crippen molar-refractivity contribution in [3.8, 4) is 0 Å². The van der Waals surface area contributed by atoms with E-state index < -0.39 is 21.6 Å². The van der Waals surface area contributed by atoms with E-state index in [9.17, 15) is 17.6 Å². The van der Waals surface area contributed by atoms with Crippen LogP contribution in [0.15, 0.2) is 29.2 Å². The van der Waals surface area contributed by atoms with E-state index >= 15 is 0 Å². The monoisotopic (exact) mass is 381 g/mol. The molecule has 1 unspecified atom stereocenters. The molecule has 0 radical (unpaired) electrons. The van der Waals surface area contributed by atoms with Crippen LogP contribution in [-0.2, 0) is 9.84 Å². The third kappa shape index (κ3) is 3.91. The topological polar surface area (TPSA) is 106 Å². The van der Waals surface area contributed by atoms with E-state index in [0.29, 0.717) is 5.69 Å². The molecule has 1 atom stereocenters. The molecule has 2 N–H and O–H groups in total. The van der Waals surface area contributed by atoms with Gasteiger partial charge >= 0.3 is 0 Å². The number of amides is 1. The number of hydrogen-bond donors (Lipinski definition) is 2. The molecule has 0 saturated carbocycles. The number of rotatable bonds is 6. The second-order valence-corrected chi connectivity index (χ2v) is 8.25. The molecule has 1 amide bonds. The number of nitrogens with zero attached hydrogens (tertiary/aromatic N) is 3. The normalized spacial score (nSPS) is 17.4. The van der Waals surface area contributed by atoms with Crippen molar-refractivity contribution in [1.82, 2.24) is 25.6 Å². The van der Waals surface area contributed by atoms with Gasteiger partial charge in [0.1, 0.15) is 5.82 Å². The molecule has 8 nitrogen and oxygen atoms in total. The predicted molar refractivity (Wildman–Crippen MR) is 92.1 cm³/mol. The lowest BCUT2D eigenvalue weighted by atomic mass is 10.2. The number of halogens is 1. The standard InChI is InChI=1S/C16H20FN5O3S/c1-11-15(20-21-22(11)13-6-7-18-10-13)16(23)19-8-9-26(24,25)14-4-2-12(17)3-5-14/h2-5,13,18H,6-10H2,1H3,(H,19,23). The molecule has 10 heteroatoms. The van der Waals surface area contributed by atoms with E-state index in [4.69, 9.17) is 0 Å². The summed E-state index contributed by atoms with van der Waals surface area (Å²) in [7, 11) is -3.60. The van der Waals surface area contributed by atoms with Gasteiger partial charge in [-0.15, -0.1) is 5.10 Å². The van der Waals surface area contributed by atoms with Crippen molar-refractivity contribution < 1.29 is 17.6 Å². The summed E-state index contributed by atoms with van der Waals surface area (Å²) in [6.07, 6.45) is 0.918. The quantitative estimate of drug-likeness (QED) is 0.705. The van der Waals surface area contributed by atoms with Gasteiger partial charge in [0.15, 0.2) is 15.5 Å². The first-order valence-electron chi connectivity index (χ1n) is 8.27. The Morgan fingerprint density at radius 1 is 1.38 bits per heavy atom. The van der Waals surface area contributed by atoms with Crippen LogP contribution < -0.4 is 10.6 Å². The van der Waals surface area contributed by atoms with E-state index in [0.717, 1.165) is 31.6 Å². The zero-order valence-electron chi connectivity index (χ0n) is 14.3. The highest BCUT2D eigenvalue weighted by Gasteiger charge is 2.24. The van der Waals surface area contributed by atoms with Crippen LogP contribution in [0.25, 0.3) is 0 Å². The summed E-state index contributed by atoms with van der Waals surface area (Å²) >= 11 is 0. The van der Waals surface area contributed by atoms with Crippen LogP contribution in [0.3, 0.4) is 0 Å². The summed E-state index contributed by atoms with van der Waals surface area (Å²) in [6, 6.07) is 4.76. The summed E-state index contributed by atoms with van der Waals surface area (Å²) in [5, 5.41) is 13.8. The van der Waals surface area contributed by atoms with Crippen LogP contribution >= 0.6 is 0 Å². The van der Waals surface area contributed by atoms with Crippen LogP contribution in [0.1, 0.15) is 28.6 Å². The van der Waals surface area contributed by atoms with Gasteiger partial charge in [0.2, 0.25) is 0 Å². The van der Waals surface area contributed by atoms with Crippen molar-refractivity contribution in [2.45, 2.75) is 24.3 Å². The van der Waals surface area contributed by atoms with Gasteiger partial charge in [-0.2, -0.15) is 0 Å². The van der Waals surface area contributed by atoms with Crippen LogP contribution in [-0.4, -0.2) is 54.7 Å². The van der Waals surface area contributed by atoms with Crippen molar-refractivity contribution in [1.29, 1.82) is 0 Å². The smallest absolute Gasteiger partial charge is 0.273 e. The van der Waals surface area contributed by atoms with Gasteiger partial charge in [0.25, 0.3) is 5.91 Å². The first kappa shape index (κ1) is 18.5. The summed E-state index contributed by atoms with van der Waals surface area (Å²) in [4.78, 5) is 12.3. The van der Waals surface area contributed by atoms with E-state index in [1.807, 2.05) is 0 Å². The minimum absolute atomic E-state index is 0.0176. The fourth-order valence-corrected chi connectivity index (χ4v) is 4.05. The minimum atomic E-state index is -3.60. The van der Waals surface area contributed by atoms with Crippen molar-refractivity contribution in [3.63, 3.8) is 0 Å². The van der Waals surface area contributed by atoms with Gasteiger partial charge in [0, 0.05) is 13.1 Å². The molecular formula is C16H20FN5O3S. The van der Waals surface area contributed by atoms with E-state index in [1.54, 1.807) is 11.6 Å². The Bertz CT molecular complexity index is 889. The van der Waals surface area contributed by atoms with Gasteiger partial charge in [-0.1, -0.05) is 5.21 Å². The van der Waals surface area contributed by atoms with Crippen LogP contribution in [0, 0.1) is 12.7 Å². The molecule has 0 spiro atoms. The molecule has 1 aliphatic heterocycles. The lowest BCUT2D eigenvalue weighted by molar-refractivity contribution is 0.0950. The highest BCUT2D eigenvalue weighted by molar-refractivity contribution is 7.91. The van der Waals surface area contributed by atoms with Crippen LogP contribution in [0.2, 0.25) is 0 Å². The van der Waals surface area contributed by atoms with Crippen molar-refractivity contribution in [2.24, 2.45) is 0 Å². The van der Waals surface area contributed by atoms with E-state index in [-0.39, 0.29) is 28.9 Å². The number of carbonyl (C=O) groups excluding carboxylic acids is 1. The van der Waals surface area contributed by atoms with Gasteiger partial charge in [-0.3, -0.25) is 4.79 Å². The molecule has 140 valence electrons. The number of carbonyl (C=O) groups is 1. The lowest BCUT2D eigenvalue weighted by Crippen LogP contribution is -2.30. The fraction of sp³-hybridized carbons (Fsp3) is 0.438. The Kier molecular flexibility index (Phi) is 5.33. The second kappa shape index (κ2) is 7.50. The van der Waals surface area contributed by atoms with Crippen molar-refractivity contribution in [2.75, 3.05) is 25.4 Å². The molecule has 1 aromatic carbocycles. The Hall–Kier alpha value is -2.33. The maximum absolute atomic E-state index is 12.9. The Morgan fingerprint density at radius 3 is 2.77 bits per heavy atom. The molecule has 2 heterocycles.